The number of rotatable bonds is 8. The summed E-state index contributed by atoms with van der Waals surface area (Å²) in [6.45, 7) is 12.7. The Labute approximate surface area is 423 Å². The second kappa shape index (κ2) is 27.6. The van der Waals surface area contributed by atoms with E-state index >= 15 is 0 Å². The van der Waals surface area contributed by atoms with Gasteiger partial charge < -0.3 is 43.5 Å². The minimum absolute atomic E-state index is 0.0105. The maximum atomic E-state index is 14.5. The van der Waals surface area contributed by atoms with Crippen LogP contribution in [0.1, 0.15) is 126 Å². The maximum absolute atomic E-state index is 14.5. The molecule has 0 aromatic heterocycles. The molecule has 1 aliphatic carbocycles. The van der Waals surface area contributed by atoms with Gasteiger partial charge in [-0.3, -0.25) is 24.0 Å². The van der Waals surface area contributed by atoms with Gasteiger partial charge in [0.2, 0.25) is 5.79 Å². The minimum Gasteiger partial charge on any atom is -0.460 e. The van der Waals surface area contributed by atoms with Crippen LogP contribution in [0.25, 0.3) is 0 Å². The van der Waals surface area contributed by atoms with Gasteiger partial charge in [0, 0.05) is 58.5 Å². The Bertz CT molecular complexity index is 1900. The van der Waals surface area contributed by atoms with E-state index in [4.69, 9.17) is 28.4 Å². The number of aliphatic hydroxyl groups is 2. The number of alkyl halides is 1. The molecule has 4 aliphatic rings. The monoisotopic (exact) mass is 1080 g/mol. The van der Waals surface area contributed by atoms with Crippen molar-refractivity contribution in [3.05, 3.63) is 47.6 Å². The van der Waals surface area contributed by atoms with Gasteiger partial charge in [-0.2, -0.15) is 0 Å². The number of Topliss-reactive ketones (excluding diaryl/α,β-unsaturated/α-hetero) is 3. The third-order valence-corrected chi connectivity index (χ3v) is 15.5. The second-order valence-electron chi connectivity index (χ2n) is 20.2. The summed E-state index contributed by atoms with van der Waals surface area (Å²) in [7, 11) is 4.53. The highest BCUT2D eigenvalue weighted by Gasteiger charge is 2.53. The lowest BCUT2D eigenvalue weighted by molar-refractivity contribution is -0.265. The molecule has 3 heterocycles. The summed E-state index contributed by atoms with van der Waals surface area (Å²) >= 11 is 1.96. The SMILES string of the molecule is CO[C@H]1C[C@@H]2CC[C@@H](C)[C@@](O)(O2)C(=O)C(=O)N2CCCC[C@H]2C(=O)OC([C@H](C)C[C@@H]2CC[C@@H](OC(=O)CI)[C@H](OC)C2)CC(=O)[C@H](C)/C=C(\C)[C@@H](O)[C@@H](OC)C(=O)[C@H](C)C[C@@H](C)\C=C/C=C/C=C/1C. The number of allylic oxidation sites excluding steroid dienone is 6. The fourth-order valence-electron chi connectivity index (χ4n) is 10.4. The molecule has 2 N–H and O–H groups in total. The Hall–Kier alpha value is -3.13. The zero-order valence-electron chi connectivity index (χ0n) is 42.6. The van der Waals surface area contributed by atoms with Crippen LogP contribution in [0.5, 0.6) is 0 Å². The molecule has 1 unspecified atom stereocenters. The van der Waals surface area contributed by atoms with Crippen LogP contribution in [0.3, 0.4) is 0 Å². The van der Waals surface area contributed by atoms with Crippen LogP contribution in [-0.4, -0.2) is 137 Å². The smallest absolute Gasteiger partial charge is 0.329 e. The summed E-state index contributed by atoms with van der Waals surface area (Å²) in [6.07, 6.45) is 11.2. The fourth-order valence-corrected chi connectivity index (χ4v) is 10.6. The van der Waals surface area contributed by atoms with Crippen LogP contribution < -0.4 is 0 Å². The Morgan fingerprint density at radius 1 is 0.884 bits per heavy atom. The lowest BCUT2D eigenvalue weighted by Gasteiger charge is -2.42. The molecule has 69 heavy (non-hydrogen) atoms. The normalized spacial score (nSPS) is 38.7. The number of ether oxygens (including phenoxy) is 6. The molecule has 1 amide bonds. The number of esters is 2. The number of fused-ring (bicyclic) bond motifs is 3. The molecule has 3 fully saturated rings. The summed E-state index contributed by atoms with van der Waals surface area (Å²) in [5.74, 6) is -8.47. The van der Waals surface area contributed by atoms with E-state index in [1.807, 2.05) is 80.7 Å². The predicted molar refractivity (Wildman–Crippen MR) is 268 cm³/mol. The summed E-state index contributed by atoms with van der Waals surface area (Å²) in [5, 5.41) is 23.5. The molecule has 0 radical (unpaired) electrons. The van der Waals surface area contributed by atoms with E-state index in [1.54, 1.807) is 41.1 Å². The van der Waals surface area contributed by atoms with E-state index < -0.39 is 83.9 Å². The third-order valence-electron chi connectivity index (χ3n) is 14.8. The molecular weight excluding hydrogens is 1000 g/mol. The van der Waals surface area contributed by atoms with Gasteiger partial charge in [0.1, 0.15) is 36.2 Å². The van der Waals surface area contributed by atoms with Gasteiger partial charge in [-0.05, 0) is 107 Å². The highest BCUT2D eigenvalue weighted by Crippen LogP contribution is 2.38. The van der Waals surface area contributed by atoms with Crippen molar-refractivity contribution >= 4 is 57.8 Å². The number of halogens is 1. The van der Waals surface area contributed by atoms with E-state index in [0.29, 0.717) is 69.8 Å². The first-order valence-corrected chi connectivity index (χ1v) is 26.5. The molecule has 1 saturated carbocycles. The number of methoxy groups -OCH3 is 3. The first kappa shape index (κ1) is 58.4. The highest BCUT2D eigenvalue weighted by molar-refractivity contribution is 14.1. The van der Waals surface area contributed by atoms with Crippen LogP contribution in [0.4, 0.5) is 0 Å². The summed E-state index contributed by atoms with van der Waals surface area (Å²) in [5.41, 5.74) is 1.25. The summed E-state index contributed by atoms with van der Waals surface area (Å²) in [6, 6.07) is -1.16. The van der Waals surface area contributed by atoms with E-state index in [-0.39, 0.29) is 65.2 Å². The number of ketones is 3. The number of hydrogen-bond acceptors (Lipinski definition) is 14. The van der Waals surface area contributed by atoms with E-state index in [9.17, 15) is 39.0 Å². The molecule has 0 spiro atoms. The van der Waals surface area contributed by atoms with Gasteiger partial charge in [-0.15, -0.1) is 0 Å². The van der Waals surface area contributed by atoms with Crippen LogP contribution in [-0.2, 0) is 57.2 Å². The molecule has 16 heteroatoms. The quantitative estimate of drug-likeness (QED) is 0.0815. The van der Waals surface area contributed by atoms with Gasteiger partial charge >= 0.3 is 11.9 Å². The van der Waals surface area contributed by atoms with Crippen LogP contribution in [0.15, 0.2) is 47.6 Å². The van der Waals surface area contributed by atoms with Crippen molar-refractivity contribution in [3.8, 4) is 0 Å². The van der Waals surface area contributed by atoms with E-state index in [0.717, 1.165) is 5.57 Å². The van der Waals surface area contributed by atoms with Crippen molar-refractivity contribution in [2.75, 3.05) is 32.3 Å². The molecule has 0 aromatic carbocycles. The number of carbonyl (C=O) groups is 6. The van der Waals surface area contributed by atoms with Gasteiger partial charge in [0.15, 0.2) is 5.78 Å². The Balaban J connectivity index is 1.70. The molecule has 2 bridgehead atoms. The molecular formula is C53H80INO14. The fraction of sp³-hybridized carbons (Fsp3) is 0.736. The van der Waals surface area contributed by atoms with Crippen LogP contribution in [0, 0.1) is 35.5 Å². The average molecular weight is 1080 g/mol. The highest BCUT2D eigenvalue weighted by atomic mass is 127. The van der Waals surface area contributed by atoms with Crippen molar-refractivity contribution in [1.82, 2.24) is 4.90 Å². The molecule has 2 saturated heterocycles. The lowest BCUT2D eigenvalue weighted by Crippen LogP contribution is -2.61. The van der Waals surface area contributed by atoms with Gasteiger partial charge in [-0.25, -0.2) is 4.79 Å². The Kier molecular flexibility index (Phi) is 23.4. The van der Waals surface area contributed by atoms with Crippen molar-refractivity contribution in [1.29, 1.82) is 0 Å². The zero-order chi connectivity index (χ0) is 51.2. The second-order valence-corrected chi connectivity index (χ2v) is 20.9. The number of nitrogens with zero attached hydrogens (tertiary/aromatic N) is 1. The zero-order valence-corrected chi connectivity index (χ0v) is 44.7. The largest absolute Gasteiger partial charge is 0.460 e. The topological polar surface area (TPSA) is 201 Å². The molecule has 15 nitrogen and oxygen atoms in total. The van der Waals surface area contributed by atoms with Gasteiger partial charge in [-0.1, -0.05) is 93.7 Å². The first-order chi connectivity index (χ1) is 32.7. The molecule has 0 aromatic rings. The predicted octanol–water partition coefficient (Wildman–Crippen LogP) is 7.17. The number of aliphatic hydroxyl groups excluding tert-OH is 1. The standard InChI is InChI=1S/C53H80INO14/c1-31-16-12-11-13-17-32(2)43(64-8)28-39-21-19-37(7)53(63,69-39)50(60)51(61)55-23-15-14-18-40(55)52(62)68-44(34(4)26-38-20-22-42(45(27-38)65-9)67-46(57)30-54)29-41(56)33(3)25-36(6)48(59)49(66-10)47(58)35(5)24-31/h11-13,16-17,25,31,33-35,37-40,42-45,48-49,59,63H,14-15,18-24,26-30H2,1-10H3/b13-11+,16-12-,32-17+,36-25+/t31-,33+,34+,35+,37+,38-,39-,40-,42+,43-,44?,45+,48+,49-,53+/m0/s1. The Morgan fingerprint density at radius 2 is 1.61 bits per heavy atom. The summed E-state index contributed by atoms with van der Waals surface area (Å²) < 4.78 is 35.6. The number of cyclic esters (lactones) is 1. The van der Waals surface area contributed by atoms with Gasteiger partial charge in [0.25, 0.3) is 11.7 Å². The van der Waals surface area contributed by atoms with Crippen LogP contribution >= 0.6 is 22.6 Å². The Morgan fingerprint density at radius 3 is 2.28 bits per heavy atom. The third kappa shape index (κ3) is 15.9. The molecule has 388 valence electrons. The average Bonchev–Trinajstić information content (AvgIpc) is 3.33. The number of amides is 1. The molecule has 15 atom stereocenters. The summed E-state index contributed by atoms with van der Waals surface area (Å²) in [4.78, 5) is 84.4. The number of hydrogen-bond donors (Lipinski definition) is 2. The van der Waals surface area contributed by atoms with Crippen molar-refractivity contribution in [3.63, 3.8) is 0 Å². The molecule has 4 rings (SSSR count). The van der Waals surface area contributed by atoms with E-state index in [2.05, 4.69) is 0 Å². The van der Waals surface area contributed by atoms with Crippen LogP contribution in [0.2, 0.25) is 0 Å². The van der Waals surface area contributed by atoms with Crippen molar-refractivity contribution < 1.29 is 67.4 Å². The van der Waals surface area contributed by atoms with Crippen molar-refractivity contribution in [2.24, 2.45) is 35.5 Å². The molecule has 3 aliphatic heterocycles. The van der Waals surface area contributed by atoms with Gasteiger partial charge in [0.05, 0.1) is 22.7 Å². The van der Waals surface area contributed by atoms with Crippen molar-refractivity contribution in [2.45, 2.75) is 180 Å². The lowest BCUT2D eigenvalue weighted by atomic mass is 9.78. The first-order valence-electron chi connectivity index (χ1n) is 24.9. The van der Waals surface area contributed by atoms with E-state index in [1.165, 1.54) is 12.0 Å². The maximum Gasteiger partial charge on any atom is 0.329 e. The number of carbonyl (C=O) groups excluding carboxylic acids is 6. The number of piperidine rings is 1. The minimum atomic E-state index is -2.44.